The van der Waals surface area contributed by atoms with Crippen molar-refractivity contribution in [3.05, 3.63) is 285 Å². The molecule has 490 valence electrons. The van der Waals surface area contributed by atoms with Gasteiger partial charge in [-0.05, 0) is 103 Å². The molecule has 0 saturated carbocycles. The summed E-state index contributed by atoms with van der Waals surface area (Å²) in [5.74, 6) is -10.7. The number of carbonyl (C=O) groups excluding carboxylic acids is 13. The topological polar surface area (TPSA) is 336 Å². The van der Waals surface area contributed by atoms with Crippen molar-refractivity contribution in [2.75, 3.05) is 6.61 Å². The van der Waals surface area contributed by atoms with E-state index in [-0.39, 0.29) is 115 Å². The van der Waals surface area contributed by atoms with Crippen molar-refractivity contribution in [1.82, 2.24) is 19.6 Å². The molecule has 4 aliphatic heterocycles. The maximum Gasteiger partial charge on any atom is 2.00 e. The number of amides is 8. The van der Waals surface area contributed by atoms with Gasteiger partial charge in [-0.1, -0.05) is 170 Å². The molecule has 4 aliphatic rings. The molecule has 96 heavy (non-hydrogen) atoms. The van der Waals surface area contributed by atoms with Gasteiger partial charge in [0.25, 0.3) is 47.3 Å². The van der Waals surface area contributed by atoms with Crippen molar-refractivity contribution in [2.45, 2.75) is 63.7 Å². The number of esters is 1. The number of imide groups is 4. The first kappa shape index (κ1) is 74.0. The summed E-state index contributed by atoms with van der Waals surface area (Å²) in [5.41, 5.74) is 4.69. The zero-order valence-corrected chi connectivity index (χ0v) is 54.2. The fourth-order valence-electron chi connectivity index (χ4n) is 10.6. The maximum absolute atomic E-state index is 12.4. The monoisotopic (exact) mass is 1470 g/mol. The number of benzene rings is 8. The number of nitrogens with zero attached hydrogens (tertiary/aromatic N) is 4. The van der Waals surface area contributed by atoms with Gasteiger partial charge in [0, 0.05) is 6.92 Å². The third kappa shape index (κ3) is 17.2. The quantitative estimate of drug-likeness (QED) is 0.0718. The van der Waals surface area contributed by atoms with Crippen molar-refractivity contribution in [3.8, 4) is 0 Å². The second-order valence-corrected chi connectivity index (χ2v) is 21.1. The number of carboxylic acids is 4. The predicted molar refractivity (Wildman–Crippen MR) is 326 cm³/mol. The molecule has 0 saturated heterocycles. The van der Waals surface area contributed by atoms with Crippen LogP contribution in [0.25, 0.3) is 0 Å². The summed E-state index contributed by atoms with van der Waals surface area (Å²) < 4.78 is 4.40. The molecule has 4 atom stereocenters. The minimum absolute atomic E-state index is 0. The van der Waals surface area contributed by atoms with E-state index in [4.69, 9.17) is 0 Å². The number of carboxylic acid groups (broad SMARTS) is 4. The Bertz CT molecular complexity index is 3570. The van der Waals surface area contributed by atoms with E-state index >= 15 is 0 Å². The Morgan fingerprint density at radius 3 is 0.552 bits per heavy atom. The Labute approximate surface area is 575 Å². The van der Waals surface area contributed by atoms with Gasteiger partial charge in [0.1, 0.15) is 0 Å². The Morgan fingerprint density at radius 1 is 0.292 bits per heavy atom. The molecule has 0 aromatic heterocycles. The first-order valence-corrected chi connectivity index (χ1v) is 29.1. The first-order valence-electron chi connectivity index (χ1n) is 29.1. The van der Waals surface area contributed by atoms with Gasteiger partial charge < -0.3 is 44.3 Å². The van der Waals surface area contributed by atoms with Crippen LogP contribution >= 0.6 is 0 Å². The molecular weight excluding hydrogens is 1410 g/mol. The molecule has 2 radical (unpaired) electrons. The molecule has 8 aromatic rings. The molecule has 8 amide bonds. The van der Waals surface area contributed by atoms with Crippen LogP contribution in [0.4, 0.5) is 0 Å². The largest absolute Gasteiger partial charge is 2.00 e. The van der Waals surface area contributed by atoms with Crippen LogP contribution in [0.1, 0.15) is 119 Å². The van der Waals surface area contributed by atoms with Gasteiger partial charge in [-0.3, -0.25) is 62.8 Å². The molecule has 24 heteroatoms. The van der Waals surface area contributed by atoms with Gasteiger partial charge >= 0.3 is 44.9 Å². The fourth-order valence-corrected chi connectivity index (χ4v) is 10.6. The molecule has 0 fully saturated rings. The number of hydrogen-bond donors (Lipinski definition) is 0. The van der Waals surface area contributed by atoms with Crippen LogP contribution in [0.15, 0.2) is 218 Å². The predicted octanol–water partition coefficient (Wildman–Crippen LogP) is 3.14. The van der Waals surface area contributed by atoms with Crippen molar-refractivity contribution < 1.29 is 126 Å². The van der Waals surface area contributed by atoms with Crippen LogP contribution in [0, 0.1) is 0 Å². The number of hydrogen-bond acceptors (Lipinski definition) is 18. The van der Waals surface area contributed by atoms with E-state index in [0.717, 1.165) is 19.6 Å². The van der Waals surface area contributed by atoms with Gasteiger partial charge in [-0.2, -0.15) is 0 Å². The van der Waals surface area contributed by atoms with Gasteiger partial charge in [0.2, 0.25) is 0 Å². The first-order chi connectivity index (χ1) is 45.1. The molecule has 0 spiro atoms. The molecule has 0 aliphatic carbocycles. The average molecular weight is 1470 g/mol. The van der Waals surface area contributed by atoms with Gasteiger partial charge in [0.05, 0.1) is 99.2 Å². The smallest absolute Gasteiger partial charge is 0.548 e. The SMILES string of the molecule is CCOC(C)=O.O=C([O-])[C@H](Cc1ccccc1)N1C(=O)c2ccccc2C1=O.O=C([O-])[C@H](Cc1ccccc1)N1C(=O)c2ccccc2C1=O.O=C([O-])[C@H](Cc1ccccc1)N1C(=O)c2ccccc2C1=O.O=C([O-])[C@H](Cc1ccccc1)N1C(=O)c2ccccc2C1=O.[Rh+2].[Rh+2]. The number of carbonyl (C=O) groups is 13. The molecule has 12 rings (SSSR count). The normalized spacial score (nSPS) is 14.1. The van der Waals surface area contributed by atoms with Gasteiger partial charge in [0.15, 0.2) is 0 Å². The number of ether oxygens (including phenoxy) is 1. The number of fused-ring (bicyclic) bond motifs is 4. The summed E-state index contributed by atoms with van der Waals surface area (Å²) in [6.07, 6.45) is 0.0898. The molecule has 0 bridgehead atoms. The molecular formula is C72H56N4O18Rh2. The van der Waals surface area contributed by atoms with Crippen molar-refractivity contribution >= 4 is 77.1 Å². The van der Waals surface area contributed by atoms with Crippen LogP contribution in [0.5, 0.6) is 0 Å². The summed E-state index contributed by atoms with van der Waals surface area (Å²) >= 11 is 0. The average Bonchev–Trinajstić information content (AvgIpc) is 1.72. The summed E-state index contributed by atoms with van der Waals surface area (Å²) in [7, 11) is 0. The zero-order chi connectivity index (χ0) is 67.8. The van der Waals surface area contributed by atoms with Crippen molar-refractivity contribution in [2.24, 2.45) is 0 Å². The number of aliphatic carboxylic acids is 4. The third-order valence-corrected chi connectivity index (χ3v) is 15.1. The van der Waals surface area contributed by atoms with E-state index < -0.39 is 95.3 Å². The molecule has 22 nitrogen and oxygen atoms in total. The van der Waals surface area contributed by atoms with Crippen LogP contribution in [-0.4, -0.2) is 127 Å². The summed E-state index contributed by atoms with van der Waals surface area (Å²) in [6, 6.07) is 55.3. The van der Waals surface area contributed by atoms with Crippen LogP contribution in [0.3, 0.4) is 0 Å². The van der Waals surface area contributed by atoms with E-state index in [1.807, 2.05) is 0 Å². The maximum atomic E-state index is 12.4. The van der Waals surface area contributed by atoms with E-state index in [9.17, 15) is 82.8 Å². The van der Waals surface area contributed by atoms with Crippen molar-refractivity contribution in [1.29, 1.82) is 0 Å². The second-order valence-electron chi connectivity index (χ2n) is 21.1. The standard InChI is InChI=1S/4C17H13NO4.C4H8O2.2Rh/c4*19-15-12-8-4-5-9-13(12)16(20)18(15)14(17(21)22)10-11-6-2-1-3-7-11;1-3-6-4(2)5;;/h4*1-9,14H,10H2,(H,21,22);3H2,1-2H3;;/q;;;;;2*+2/p-4/t4*14-;;;/m0000.../s1. The summed E-state index contributed by atoms with van der Waals surface area (Å²) in [6.45, 7) is 3.65. The Kier molecular flexibility index (Phi) is 26.3. The van der Waals surface area contributed by atoms with E-state index in [0.29, 0.717) is 28.9 Å². The Hall–Kier alpha value is -11.1. The van der Waals surface area contributed by atoms with E-state index in [2.05, 4.69) is 4.74 Å². The minimum atomic E-state index is -1.45. The van der Waals surface area contributed by atoms with Crippen LogP contribution < -0.4 is 20.4 Å². The molecule has 8 aromatic carbocycles. The van der Waals surface area contributed by atoms with E-state index in [1.54, 1.807) is 177 Å². The molecule has 0 unspecified atom stereocenters. The van der Waals surface area contributed by atoms with E-state index in [1.165, 1.54) is 55.5 Å². The van der Waals surface area contributed by atoms with Gasteiger partial charge in [-0.25, -0.2) is 0 Å². The molecule has 0 N–H and O–H groups in total. The fraction of sp³-hybridized carbons (Fsp3) is 0.153. The van der Waals surface area contributed by atoms with Gasteiger partial charge in [-0.15, -0.1) is 0 Å². The summed E-state index contributed by atoms with van der Waals surface area (Å²) in [4.78, 5) is 158. The van der Waals surface area contributed by atoms with Crippen molar-refractivity contribution in [3.63, 3.8) is 0 Å². The third-order valence-electron chi connectivity index (χ3n) is 15.1. The Balaban J connectivity index is 0.000000195. The van der Waals surface area contributed by atoms with Crippen LogP contribution in [0.2, 0.25) is 0 Å². The van der Waals surface area contributed by atoms with Crippen LogP contribution in [-0.2, 0) is 93.3 Å². The molecule has 4 heterocycles. The zero-order valence-electron chi connectivity index (χ0n) is 50.9. The summed E-state index contributed by atoms with van der Waals surface area (Å²) in [5, 5.41) is 45.9. The number of rotatable bonds is 17. The Morgan fingerprint density at radius 2 is 0.438 bits per heavy atom. The second kappa shape index (κ2) is 34.2. The minimum Gasteiger partial charge on any atom is -0.548 e.